The molecule has 5 nitrogen and oxygen atoms in total. The zero-order valence-corrected chi connectivity index (χ0v) is 19.9. The molecule has 3 aromatic rings. The largest absolute Gasteiger partial charge is 0.489 e. The standard InChI is InChI=1S/C28H33N3O2/c1-27(2)16-24(17-28(3,4)31-27)30-26(32)21-12-10-20(11-13-21)19-33-25-9-5-7-22(15-25)23-8-6-14-29-18-23/h5-15,18,24,31H,16-17,19H2,1-4H3,(H,30,32). The van der Waals surface area contributed by atoms with Crippen LogP contribution in [0.4, 0.5) is 0 Å². The molecule has 0 aliphatic carbocycles. The predicted molar refractivity (Wildman–Crippen MR) is 132 cm³/mol. The number of ether oxygens (including phenoxy) is 1. The Morgan fingerprint density at radius 3 is 2.36 bits per heavy atom. The highest BCUT2D eigenvalue weighted by Crippen LogP contribution is 2.29. The number of nitrogens with zero attached hydrogens (tertiary/aromatic N) is 1. The first-order valence-corrected chi connectivity index (χ1v) is 11.5. The van der Waals surface area contributed by atoms with Gasteiger partial charge in [0.25, 0.3) is 5.91 Å². The maximum absolute atomic E-state index is 12.8. The molecule has 0 unspecified atom stereocenters. The van der Waals surface area contributed by atoms with E-state index in [1.54, 1.807) is 6.20 Å². The summed E-state index contributed by atoms with van der Waals surface area (Å²) in [6.07, 6.45) is 5.43. The molecule has 1 aromatic heterocycles. The number of carbonyl (C=O) groups is 1. The van der Waals surface area contributed by atoms with Gasteiger partial charge in [0.15, 0.2) is 0 Å². The smallest absolute Gasteiger partial charge is 0.251 e. The molecule has 1 fully saturated rings. The van der Waals surface area contributed by atoms with Gasteiger partial charge in [0, 0.05) is 40.6 Å². The summed E-state index contributed by atoms with van der Waals surface area (Å²) < 4.78 is 5.99. The van der Waals surface area contributed by atoms with E-state index in [2.05, 4.69) is 43.3 Å². The summed E-state index contributed by atoms with van der Waals surface area (Å²) in [4.78, 5) is 17.0. The number of rotatable bonds is 6. The number of amides is 1. The summed E-state index contributed by atoms with van der Waals surface area (Å²) in [5.41, 5.74) is 3.80. The van der Waals surface area contributed by atoms with Crippen molar-refractivity contribution in [2.75, 3.05) is 0 Å². The topological polar surface area (TPSA) is 63.2 Å². The summed E-state index contributed by atoms with van der Waals surface area (Å²) in [5, 5.41) is 6.88. The molecule has 4 rings (SSSR count). The van der Waals surface area contributed by atoms with Crippen molar-refractivity contribution in [1.29, 1.82) is 0 Å². The number of hydrogen-bond donors (Lipinski definition) is 2. The van der Waals surface area contributed by atoms with E-state index in [1.165, 1.54) is 0 Å². The fourth-order valence-corrected chi connectivity index (χ4v) is 4.91. The molecule has 5 heteroatoms. The molecule has 0 atom stereocenters. The van der Waals surface area contributed by atoms with Gasteiger partial charge in [-0.05, 0) is 82.0 Å². The Bertz CT molecular complexity index is 1080. The Balaban J connectivity index is 1.35. The average Bonchev–Trinajstić information content (AvgIpc) is 2.76. The summed E-state index contributed by atoms with van der Waals surface area (Å²) in [7, 11) is 0. The van der Waals surface area contributed by atoms with Gasteiger partial charge in [-0.2, -0.15) is 0 Å². The molecule has 2 N–H and O–H groups in total. The minimum absolute atomic E-state index is 0.00474. The van der Waals surface area contributed by atoms with E-state index in [-0.39, 0.29) is 23.0 Å². The van der Waals surface area contributed by atoms with Crippen LogP contribution in [0.2, 0.25) is 0 Å². The zero-order valence-electron chi connectivity index (χ0n) is 19.9. The van der Waals surface area contributed by atoms with Crippen molar-refractivity contribution in [2.45, 2.75) is 64.3 Å². The van der Waals surface area contributed by atoms with Crippen LogP contribution in [0.15, 0.2) is 73.1 Å². The molecule has 1 amide bonds. The van der Waals surface area contributed by atoms with Crippen LogP contribution < -0.4 is 15.4 Å². The van der Waals surface area contributed by atoms with E-state index in [4.69, 9.17) is 4.74 Å². The Hall–Kier alpha value is -3.18. The van der Waals surface area contributed by atoms with E-state index >= 15 is 0 Å². The maximum atomic E-state index is 12.8. The van der Waals surface area contributed by atoms with Crippen molar-refractivity contribution in [3.63, 3.8) is 0 Å². The number of pyridine rings is 1. The van der Waals surface area contributed by atoms with E-state index in [0.717, 1.165) is 35.3 Å². The van der Waals surface area contributed by atoms with E-state index < -0.39 is 0 Å². The van der Waals surface area contributed by atoms with Gasteiger partial charge in [-0.3, -0.25) is 9.78 Å². The van der Waals surface area contributed by atoms with Crippen LogP contribution in [-0.4, -0.2) is 28.0 Å². The molecule has 0 saturated carbocycles. The Morgan fingerprint density at radius 1 is 1.00 bits per heavy atom. The lowest BCUT2D eigenvalue weighted by Crippen LogP contribution is -2.62. The highest BCUT2D eigenvalue weighted by Gasteiger charge is 2.38. The summed E-state index contributed by atoms with van der Waals surface area (Å²) in [5.74, 6) is 0.777. The Morgan fingerprint density at radius 2 is 1.70 bits per heavy atom. The monoisotopic (exact) mass is 443 g/mol. The van der Waals surface area contributed by atoms with Crippen molar-refractivity contribution in [3.05, 3.63) is 84.2 Å². The third-order valence-electron chi connectivity index (χ3n) is 5.98. The van der Waals surface area contributed by atoms with Gasteiger partial charge >= 0.3 is 0 Å². The average molecular weight is 444 g/mol. The predicted octanol–water partition coefficient (Wildman–Crippen LogP) is 5.37. The number of carbonyl (C=O) groups excluding carboxylic acids is 1. The van der Waals surface area contributed by atoms with Crippen LogP contribution in [0.5, 0.6) is 5.75 Å². The molecule has 33 heavy (non-hydrogen) atoms. The molecule has 0 radical (unpaired) electrons. The normalized spacial score (nSPS) is 17.3. The Labute approximate surface area is 196 Å². The van der Waals surface area contributed by atoms with Gasteiger partial charge in [0.1, 0.15) is 12.4 Å². The highest BCUT2D eigenvalue weighted by atomic mass is 16.5. The number of piperidine rings is 1. The first-order chi connectivity index (χ1) is 15.7. The van der Waals surface area contributed by atoms with Gasteiger partial charge in [0.05, 0.1) is 0 Å². The molecule has 0 bridgehead atoms. The van der Waals surface area contributed by atoms with Crippen LogP contribution in [-0.2, 0) is 6.61 Å². The van der Waals surface area contributed by atoms with E-state index in [9.17, 15) is 4.79 Å². The van der Waals surface area contributed by atoms with Gasteiger partial charge in [-0.25, -0.2) is 0 Å². The van der Waals surface area contributed by atoms with E-state index in [1.807, 2.05) is 66.9 Å². The fourth-order valence-electron chi connectivity index (χ4n) is 4.91. The van der Waals surface area contributed by atoms with Crippen molar-refractivity contribution >= 4 is 5.91 Å². The van der Waals surface area contributed by atoms with Gasteiger partial charge in [-0.15, -0.1) is 0 Å². The van der Waals surface area contributed by atoms with Crippen LogP contribution >= 0.6 is 0 Å². The molecule has 1 saturated heterocycles. The highest BCUT2D eigenvalue weighted by molar-refractivity contribution is 5.94. The molecule has 2 heterocycles. The van der Waals surface area contributed by atoms with Crippen molar-refractivity contribution < 1.29 is 9.53 Å². The zero-order chi connectivity index (χ0) is 23.5. The number of nitrogens with one attached hydrogen (secondary N) is 2. The van der Waals surface area contributed by atoms with E-state index in [0.29, 0.717) is 12.2 Å². The fraction of sp³-hybridized carbons (Fsp3) is 0.357. The lowest BCUT2D eigenvalue weighted by atomic mass is 9.79. The number of hydrogen-bond acceptors (Lipinski definition) is 4. The summed E-state index contributed by atoms with van der Waals surface area (Å²) in [6.45, 7) is 9.19. The second-order valence-corrected chi connectivity index (χ2v) is 10.2. The summed E-state index contributed by atoms with van der Waals surface area (Å²) >= 11 is 0. The number of benzene rings is 2. The molecule has 0 spiro atoms. The van der Waals surface area contributed by atoms with Crippen LogP contribution in [0.1, 0.15) is 56.5 Å². The molecule has 172 valence electrons. The minimum Gasteiger partial charge on any atom is -0.489 e. The third-order valence-corrected chi connectivity index (χ3v) is 5.98. The second kappa shape index (κ2) is 9.36. The van der Waals surface area contributed by atoms with Gasteiger partial charge in [-0.1, -0.05) is 30.3 Å². The molecule has 1 aliphatic heterocycles. The lowest BCUT2D eigenvalue weighted by molar-refractivity contribution is 0.0873. The number of aromatic nitrogens is 1. The molecule has 2 aromatic carbocycles. The van der Waals surface area contributed by atoms with Gasteiger partial charge in [0.2, 0.25) is 0 Å². The van der Waals surface area contributed by atoms with Crippen molar-refractivity contribution in [2.24, 2.45) is 0 Å². The summed E-state index contributed by atoms with van der Waals surface area (Å²) in [6, 6.07) is 19.7. The second-order valence-electron chi connectivity index (χ2n) is 10.2. The van der Waals surface area contributed by atoms with Crippen LogP contribution in [0, 0.1) is 0 Å². The van der Waals surface area contributed by atoms with Crippen LogP contribution in [0.3, 0.4) is 0 Å². The maximum Gasteiger partial charge on any atom is 0.251 e. The minimum atomic E-state index is -0.0230. The SMILES string of the molecule is CC1(C)CC(NC(=O)c2ccc(COc3cccc(-c4cccnc4)c3)cc2)CC(C)(C)N1. The molecule has 1 aliphatic rings. The van der Waals surface area contributed by atoms with Crippen molar-refractivity contribution in [3.8, 4) is 16.9 Å². The first-order valence-electron chi connectivity index (χ1n) is 11.5. The van der Waals surface area contributed by atoms with Gasteiger partial charge < -0.3 is 15.4 Å². The van der Waals surface area contributed by atoms with Crippen LogP contribution in [0.25, 0.3) is 11.1 Å². The van der Waals surface area contributed by atoms with Crippen molar-refractivity contribution in [1.82, 2.24) is 15.6 Å². The molecular weight excluding hydrogens is 410 g/mol. The first kappa shape index (κ1) is 23.0. The molecular formula is C28H33N3O2. The third kappa shape index (κ3) is 6.20. The Kier molecular flexibility index (Phi) is 6.52. The lowest BCUT2D eigenvalue weighted by Gasteiger charge is -2.46. The quantitative estimate of drug-likeness (QED) is 0.538.